The molecule has 3 aromatic rings. The lowest BCUT2D eigenvalue weighted by Gasteiger charge is -2.16. The topological polar surface area (TPSA) is 84.9 Å². The predicted molar refractivity (Wildman–Crippen MR) is 133 cm³/mol. The number of hydrogen-bond acceptors (Lipinski definition) is 4. The van der Waals surface area contributed by atoms with Crippen LogP contribution >= 0.6 is 0 Å². The molecule has 0 aliphatic rings. The number of ether oxygens (including phenoxy) is 2. The van der Waals surface area contributed by atoms with E-state index in [1.165, 1.54) is 5.56 Å². The van der Waals surface area contributed by atoms with Gasteiger partial charge < -0.3 is 19.9 Å². The Morgan fingerprint density at radius 1 is 0.853 bits per heavy atom. The molecule has 0 spiro atoms. The first-order valence-corrected chi connectivity index (χ1v) is 11.4. The minimum atomic E-state index is -0.863. The van der Waals surface area contributed by atoms with Crippen LogP contribution in [-0.2, 0) is 17.8 Å². The lowest BCUT2D eigenvalue weighted by Crippen LogP contribution is -2.15. The third kappa shape index (κ3) is 6.61. The molecular formula is C28H31NO5. The van der Waals surface area contributed by atoms with Gasteiger partial charge >= 0.3 is 5.97 Å². The zero-order valence-electron chi connectivity index (χ0n) is 19.9. The lowest BCUT2D eigenvalue weighted by atomic mass is 10.0. The number of amides is 1. The average molecular weight is 462 g/mol. The fourth-order valence-electron chi connectivity index (χ4n) is 3.52. The van der Waals surface area contributed by atoms with Crippen LogP contribution in [0.4, 0.5) is 5.69 Å². The van der Waals surface area contributed by atoms with Crippen LogP contribution in [0.5, 0.6) is 11.5 Å². The van der Waals surface area contributed by atoms with Gasteiger partial charge in [-0.15, -0.1) is 0 Å². The molecule has 0 aromatic heterocycles. The van der Waals surface area contributed by atoms with Gasteiger partial charge in [0.05, 0.1) is 12.3 Å². The molecule has 0 aliphatic carbocycles. The zero-order chi connectivity index (χ0) is 24.5. The maximum absolute atomic E-state index is 13.0. The van der Waals surface area contributed by atoms with Crippen molar-refractivity contribution in [2.45, 2.75) is 46.6 Å². The predicted octanol–water partition coefficient (Wildman–Crippen LogP) is 5.94. The Morgan fingerprint density at radius 3 is 2.26 bits per heavy atom. The SMILES string of the molecule is CCc1ccc(COc2ccc(C(=O)Nc3ccccc3OCCCC(=O)O)c(C)c2C)cc1. The van der Waals surface area contributed by atoms with Gasteiger partial charge in [0, 0.05) is 12.0 Å². The Labute approximate surface area is 200 Å². The first-order valence-electron chi connectivity index (χ1n) is 11.4. The quantitative estimate of drug-likeness (QED) is 0.345. The first kappa shape index (κ1) is 24.8. The summed E-state index contributed by atoms with van der Waals surface area (Å²) in [6.07, 6.45) is 1.43. The number of anilines is 1. The van der Waals surface area contributed by atoms with E-state index in [1.807, 2.05) is 26.0 Å². The number of rotatable bonds is 11. The summed E-state index contributed by atoms with van der Waals surface area (Å²) in [4.78, 5) is 23.7. The maximum Gasteiger partial charge on any atom is 0.303 e. The summed E-state index contributed by atoms with van der Waals surface area (Å²) in [5.41, 5.74) is 5.23. The lowest BCUT2D eigenvalue weighted by molar-refractivity contribution is -0.137. The van der Waals surface area contributed by atoms with Gasteiger partial charge in [-0.05, 0) is 73.2 Å². The Morgan fingerprint density at radius 2 is 1.56 bits per heavy atom. The van der Waals surface area contributed by atoms with E-state index in [0.717, 1.165) is 28.9 Å². The Balaban J connectivity index is 1.66. The second-order valence-corrected chi connectivity index (χ2v) is 8.12. The molecule has 0 saturated carbocycles. The number of carbonyl (C=O) groups is 2. The second kappa shape index (κ2) is 11.9. The summed E-state index contributed by atoms with van der Waals surface area (Å²) in [6, 6.07) is 19.1. The molecule has 0 unspecified atom stereocenters. The van der Waals surface area contributed by atoms with Crippen molar-refractivity contribution in [3.05, 3.63) is 88.5 Å². The van der Waals surface area contributed by atoms with Gasteiger partial charge in [-0.3, -0.25) is 9.59 Å². The van der Waals surface area contributed by atoms with E-state index in [9.17, 15) is 9.59 Å². The minimum Gasteiger partial charge on any atom is -0.491 e. The normalized spacial score (nSPS) is 10.6. The Bertz CT molecular complexity index is 1140. The maximum atomic E-state index is 13.0. The van der Waals surface area contributed by atoms with E-state index in [4.69, 9.17) is 14.6 Å². The molecular weight excluding hydrogens is 430 g/mol. The van der Waals surface area contributed by atoms with Crippen LogP contribution in [0.25, 0.3) is 0 Å². The molecule has 1 amide bonds. The van der Waals surface area contributed by atoms with Gasteiger partial charge in [0.15, 0.2) is 0 Å². The summed E-state index contributed by atoms with van der Waals surface area (Å²) in [5.74, 6) is 0.141. The second-order valence-electron chi connectivity index (χ2n) is 8.12. The van der Waals surface area contributed by atoms with E-state index >= 15 is 0 Å². The van der Waals surface area contributed by atoms with E-state index in [-0.39, 0.29) is 18.9 Å². The summed E-state index contributed by atoms with van der Waals surface area (Å²) >= 11 is 0. The molecule has 178 valence electrons. The fourth-order valence-corrected chi connectivity index (χ4v) is 3.52. The molecule has 0 aliphatic heterocycles. The summed E-state index contributed by atoms with van der Waals surface area (Å²) < 4.78 is 11.7. The summed E-state index contributed by atoms with van der Waals surface area (Å²) in [6.45, 7) is 6.69. The van der Waals surface area contributed by atoms with Gasteiger partial charge in [-0.1, -0.05) is 43.3 Å². The smallest absolute Gasteiger partial charge is 0.303 e. The highest BCUT2D eigenvalue weighted by molar-refractivity contribution is 6.06. The largest absolute Gasteiger partial charge is 0.491 e. The Kier molecular flexibility index (Phi) is 8.68. The fraction of sp³-hybridized carbons (Fsp3) is 0.286. The molecule has 0 fully saturated rings. The third-order valence-electron chi connectivity index (χ3n) is 5.74. The molecule has 0 bridgehead atoms. The average Bonchev–Trinajstić information content (AvgIpc) is 2.83. The highest BCUT2D eigenvalue weighted by Gasteiger charge is 2.16. The summed E-state index contributed by atoms with van der Waals surface area (Å²) in [5, 5.41) is 11.7. The number of carboxylic acid groups (broad SMARTS) is 1. The third-order valence-corrected chi connectivity index (χ3v) is 5.74. The van der Waals surface area contributed by atoms with E-state index in [1.54, 1.807) is 24.3 Å². The van der Waals surface area contributed by atoms with Gasteiger partial charge in [-0.25, -0.2) is 0 Å². The van der Waals surface area contributed by atoms with Crippen LogP contribution in [0.2, 0.25) is 0 Å². The van der Waals surface area contributed by atoms with Crippen LogP contribution in [0.1, 0.15) is 52.4 Å². The molecule has 0 heterocycles. The van der Waals surface area contributed by atoms with Gasteiger partial charge in [0.25, 0.3) is 5.91 Å². The molecule has 3 rings (SSSR count). The molecule has 6 heteroatoms. The van der Waals surface area contributed by atoms with Crippen molar-refractivity contribution in [2.75, 3.05) is 11.9 Å². The van der Waals surface area contributed by atoms with Crippen LogP contribution in [-0.4, -0.2) is 23.6 Å². The van der Waals surface area contributed by atoms with Gasteiger partial charge in [0.1, 0.15) is 18.1 Å². The highest BCUT2D eigenvalue weighted by atomic mass is 16.5. The molecule has 0 radical (unpaired) electrons. The number of carboxylic acids is 1. The van der Waals surface area contributed by atoms with E-state index in [2.05, 4.69) is 36.5 Å². The van der Waals surface area contributed by atoms with Gasteiger partial charge in [0.2, 0.25) is 0 Å². The van der Waals surface area contributed by atoms with Crippen LogP contribution in [0, 0.1) is 13.8 Å². The van der Waals surface area contributed by atoms with Crippen molar-refractivity contribution in [1.82, 2.24) is 0 Å². The molecule has 6 nitrogen and oxygen atoms in total. The number of aryl methyl sites for hydroxylation is 1. The molecule has 34 heavy (non-hydrogen) atoms. The first-order chi connectivity index (χ1) is 16.4. The number of hydrogen-bond donors (Lipinski definition) is 2. The number of carbonyl (C=O) groups excluding carboxylic acids is 1. The monoisotopic (exact) mass is 461 g/mol. The molecule has 3 aromatic carbocycles. The molecule has 0 atom stereocenters. The standard InChI is InChI=1S/C28H31NO5/c1-4-21-11-13-22(14-12-21)18-34-25-16-15-23(19(2)20(25)3)28(32)29-24-8-5-6-9-26(24)33-17-7-10-27(30)31/h5-6,8-9,11-16H,4,7,10,17-18H2,1-3H3,(H,29,32)(H,30,31). The van der Waals surface area contributed by atoms with Crippen molar-refractivity contribution in [2.24, 2.45) is 0 Å². The van der Waals surface area contributed by atoms with Crippen molar-refractivity contribution < 1.29 is 24.2 Å². The number of benzene rings is 3. The van der Waals surface area contributed by atoms with Crippen molar-refractivity contribution in [1.29, 1.82) is 0 Å². The Hall–Kier alpha value is -3.80. The van der Waals surface area contributed by atoms with E-state index in [0.29, 0.717) is 30.0 Å². The van der Waals surface area contributed by atoms with Crippen LogP contribution < -0.4 is 14.8 Å². The number of aliphatic carboxylic acids is 1. The van der Waals surface area contributed by atoms with Crippen LogP contribution in [0.15, 0.2) is 60.7 Å². The van der Waals surface area contributed by atoms with Crippen molar-refractivity contribution >= 4 is 17.6 Å². The molecule has 0 saturated heterocycles. The van der Waals surface area contributed by atoms with E-state index < -0.39 is 5.97 Å². The molecule has 2 N–H and O–H groups in total. The van der Waals surface area contributed by atoms with Crippen molar-refractivity contribution in [3.63, 3.8) is 0 Å². The highest BCUT2D eigenvalue weighted by Crippen LogP contribution is 2.28. The number of nitrogens with one attached hydrogen (secondary N) is 1. The summed E-state index contributed by atoms with van der Waals surface area (Å²) in [7, 11) is 0. The van der Waals surface area contributed by atoms with Gasteiger partial charge in [-0.2, -0.15) is 0 Å². The minimum absolute atomic E-state index is 0.0332. The zero-order valence-corrected chi connectivity index (χ0v) is 19.9. The number of para-hydroxylation sites is 2. The van der Waals surface area contributed by atoms with Crippen LogP contribution in [0.3, 0.4) is 0 Å². The van der Waals surface area contributed by atoms with Crippen molar-refractivity contribution in [3.8, 4) is 11.5 Å².